The van der Waals surface area contributed by atoms with E-state index in [-0.39, 0.29) is 29.8 Å². The SMILES string of the molecule is CC(=O)[C@]12CO[C@@H](c3ccccc3)C(C)(C)[C@H]1C=C(c1ccccc1)O2. The zero-order chi connectivity index (χ0) is 18.4. The number of hydrogen-bond donors (Lipinski definition) is 0. The van der Waals surface area contributed by atoms with Crippen LogP contribution in [0.4, 0.5) is 0 Å². The summed E-state index contributed by atoms with van der Waals surface area (Å²) in [5.41, 5.74) is 0.896. The van der Waals surface area contributed by atoms with Crippen molar-refractivity contribution in [2.45, 2.75) is 32.5 Å². The van der Waals surface area contributed by atoms with Crippen molar-refractivity contribution in [2.24, 2.45) is 11.3 Å². The highest BCUT2D eigenvalue weighted by molar-refractivity contribution is 5.89. The van der Waals surface area contributed by atoms with Crippen LogP contribution in [0.1, 0.15) is 38.0 Å². The predicted octanol–water partition coefficient (Wildman–Crippen LogP) is 4.80. The first-order chi connectivity index (χ1) is 12.4. The lowest BCUT2D eigenvalue weighted by molar-refractivity contribution is -0.195. The van der Waals surface area contributed by atoms with Gasteiger partial charge in [-0.1, -0.05) is 74.5 Å². The van der Waals surface area contributed by atoms with Gasteiger partial charge in [-0.15, -0.1) is 0 Å². The van der Waals surface area contributed by atoms with Gasteiger partial charge in [0, 0.05) is 16.9 Å². The zero-order valence-corrected chi connectivity index (χ0v) is 15.4. The smallest absolute Gasteiger partial charge is 0.196 e. The minimum absolute atomic E-state index is 0.0178. The molecule has 2 aliphatic heterocycles. The number of ether oxygens (including phenoxy) is 2. The number of ketones is 1. The molecule has 3 nitrogen and oxygen atoms in total. The third-order valence-electron chi connectivity index (χ3n) is 5.81. The topological polar surface area (TPSA) is 35.5 Å². The number of carbonyl (C=O) groups excluding carboxylic acids is 1. The lowest BCUT2D eigenvalue weighted by atomic mass is 9.63. The van der Waals surface area contributed by atoms with Gasteiger partial charge in [0.15, 0.2) is 11.4 Å². The molecule has 2 heterocycles. The van der Waals surface area contributed by atoms with E-state index in [4.69, 9.17) is 9.47 Å². The summed E-state index contributed by atoms with van der Waals surface area (Å²) in [5.74, 6) is 0.738. The molecule has 2 aromatic carbocycles. The fourth-order valence-electron chi connectivity index (χ4n) is 4.40. The van der Waals surface area contributed by atoms with Crippen LogP contribution in [-0.2, 0) is 14.3 Å². The molecular formula is C23H24O3. The summed E-state index contributed by atoms with van der Waals surface area (Å²) in [6, 6.07) is 20.2. The highest BCUT2D eigenvalue weighted by Gasteiger charge is 2.61. The molecule has 0 bridgehead atoms. The van der Waals surface area contributed by atoms with Gasteiger partial charge in [0.2, 0.25) is 0 Å². The van der Waals surface area contributed by atoms with E-state index in [0.29, 0.717) is 0 Å². The maximum atomic E-state index is 12.7. The Morgan fingerprint density at radius 2 is 1.62 bits per heavy atom. The predicted molar refractivity (Wildman–Crippen MR) is 101 cm³/mol. The molecule has 1 saturated heterocycles. The average Bonchev–Trinajstić information content (AvgIpc) is 3.06. The summed E-state index contributed by atoms with van der Waals surface area (Å²) in [7, 11) is 0. The molecule has 0 radical (unpaired) electrons. The van der Waals surface area contributed by atoms with E-state index in [0.717, 1.165) is 16.9 Å². The van der Waals surface area contributed by atoms with Gasteiger partial charge in [0.1, 0.15) is 5.76 Å². The molecule has 26 heavy (non-hydrogen) atoms. The molecule has 2 aromatic rings. The minimum Gasteiger partial charge on any atom is -0.476 e. The maximum absolute atomic E-state index is 12.7. The fourth-order valence-corrected chi connectivity index (χ4v) is 4.40. The van der Waals surface area contributed by atoms with Crippen LogP contribution in [0.15, 0.2) is 66.7 Å². The summed E-state index contributed by atoms with van der Waals surface area (Å²) >= 11 is 0. The van der Waals surface area contributed by atoms with Crippen molar-refractivity contribution in [3.05, 3.63) is 77.9 Å². The molecule has 0 spiro atoms. The first-order valence-electron chi connectivity index (χ1n) is 9.09. The van der Waals surface area contributed by atoms with Gasteiger partial charge < -0.3 is 9.47 Å². The maximum Gasteiger partial charge on any atom is 0.196 e. The van der Waals surface area contributed by atoms with E-state index >= 15 is 0 Å². The molecule has 0 unspecified atom stereocenters. The largest absolute Gasteiger partial charge is 0.476 e. The normalized spacial score (nSPS) is 29.4. The number of Topliss-reactive ketones (excluding diaryl/α,β-unsaturated/α-hetero) is 1. The molecule has 0 N–H and O–H groups in total. The Hall–Kier alpha value is -2.39. The Labute approximate surface area is 154 Å². The van der Waals surface area contributed by atoms with Crippen molar-refractivity contribution in [3.8, 4) is 0 Å². The summed E-state index contributed by atoms with van der Waals surface area (Å²) in [6.07, 6.45) is 2.05. The van der Waals surface area contributed by atoms with Crippen molar-refractivity contribution >= 4 is 11.5 Å². The number of carbonyl (C=O) groups is 1. The molecule has 3 atom stereocenters. The van der Waals surface area contributed by atoms with E-state index in [9.17, 15) is 4.79 Å². The van der Waals surface area contributed by atoms with E-state index in [1.54, 1.807) is 6.92 Å². The Morgan fingerprint density at radius 3 is 2.23 bits per heavy atom. The molecule has 0 amide bonds. The molecule has 0 aliphatic carbocycles. The van der Waals surface area contributed by atoms with Gasteiger partial charge in [-0.05, 0) is 18.6 Å². The van der Waals surface area contributed by atoms with Crippen LogP contribution in [0.5, 0.6) is 0 Å². The molecule has 4 rings (SSSR count). The van der Waals surface area contributed by atoms with Gasteiger partial charge in [-0.3, -0.25) is 4.79 Å². The first kappa shape index (κ1) is 17.0. The molecule has 134 valence electrons. The van der Waals surface area contributed by atoms with E-state index < -0.39 is 5.60 Å². The zero-order valence-electron chi connectivity index (χ0n) is 15.4. The van der Waals surface area contributed by atoms with Gasteiger partial charge in [-0.2, -0.15) is 0 Å². The number of rotatable bonds is 3. The van der Waals surface area contributed by atoms with E-state index in [2.05, 4.69) is 32.1 Å². The third-order valence-corrected chi connectivity index (χ3v) is 5.81. The highest BCUT2D eigenvalue weighted by Crippen LogP contribution is 2.57. The summed E-state index contributed by atoms with van der Waals surface area (Å²) in [6.45, 7) is 6.21. The second-order valence-corrected chi connectivity index (χ2v) is 7.85. The molecular weight excluding hydrogens is 324 g/mol. The van der Waals surface area contributed by atoms with Gasteiger partial charge in [0.25, 0.3) is 0 Å². The Bertz CT molecular complexity index is 838. The number of hydrogen-bond acceptors (Lipinski definition) is 3. The van der Waals surface area contributed by atoms with Gasteiger partial charge in [-0.25, -0.2) is 0 Å². The van der Waals surface area contributed by atoms with Crippen LogP contribution < -0.4 is 0 Å². The van der Waals surface area contributed by atoms with Crippen molar-refractivity contribution in [1.82, 2.24) is 0 Å². The van der Waals surface area contributed by atoms with Crippen LogP contribution in [-0.4, -0.2) is 18.0 Å². The second kappa shape index (κ2) is 6.10. The summed E-state index contributed by atoms with van der Waals surface area (Å²) < 4.78 is 12.6. The van der Waals surface area contributed by atoms with Gasteiger partial charge >= 0.3 is 0 Å². The third kappa shape index (κ3) is 2.50. The van der Waals surface area contributed by atoms with Crippen LogP contribution in [0, 0.1) is 11.3 Å². The summed E-state index contributed by atoms with van der Waals surface area (Å²) in [5, 5.41) is 0. The van der Waals surface area contributed by atoms with E-state index in [1.165, 1.54) is 0 Å². The average molecular weight is 348 g/mol. The molecule has 3 heteroatoms. The Kier molecular flexibility index (Phi) is 4.00. The first-order valence-corrected chi connectivity index (χ1v) is 9.09. The molecule has 1 fully saturated rings. The Balaban J connectivity index is 1.78. The van der Waals surface area contributed by atoms with Crippen LogP contribution in [0.25, 0.3) is 5.76 Å². The van der Waals surface area contributed by atoms with Crippen molar-refractivity contribution in [1.29, 1.82) is 0 Å². The standard InChI is InChI=1S/C23H24O3/c1-16(24)23-15-25-21(18-12-8-5-9-13-18)22(2,3)20(23)14-19(26-23)17-10-6-4-7-11-17/h4-14,20-21H,15H2,1-3H3/t20-,21+,23-/m1/s1. The minimum atomic E-state index is -0.944. The highest BCUT2D eigenvalue weighted by atomic mass is 16.6. The molecule has 0 aromatic heterocycles. The van der Waals surface area contributed by atoms with E-state index in [1.807, 2.05) is 48.5 Å². The van der Waals surface area contributed by atoms with Gasteiger partial charge in [0.05, 0.1) is 12.7 Å². The summed E-state index contributed by atoms with van der Waals surface area (Å²) in [4.78, 5) is 12.7. The second-order valence-electron chi connectivity index (χ2n) is 7.85. The fraction of sp³-hybridized carbons (Fsp3) is 0.348. The molecule has 0 saturated carbocycles. The van der Waals surface area contributed by atoms with Crippen LogP contribution in [0.3, 0.4) is 0 Å². The van der Waals surface area contributed by atoms with Crippen molar-refractivity contribution < 1.29 is 14.3 Å². The Morgan fingerprint density at radius 1 is 1.00 bits per heavy atom. The van der Waals surface area contributed by atoms with Crippen LogP contribution in [0.2, 0.25) is 0 Å². The lowest BCUT2D eigenvalue weighted by Crippen LogP contribution is -2.58. The number of benzene rings is 2. The van der Waals surface area contributed by atoms with Crippen LogP contribution >= 0.6 is 0 Å². The lowest BCUT2D eigenvalue weighted by Gasteiger charge is -2.50. The quantitative estimate of drug-likeness (QED) is 0.799. The monoisotopic (exact) mass is 348 g/mol. The molecule has 2 aliphatic rings. The number of fused-ring (bicyclic) bond motifs is 1. The van der Waals surface area contributed by atoms with Crippen molar-refractivity contribution in [3.63, 3.8) is 0 Å². The van der Waals surface area contributed by atoms with Crippen molar-refractivity contribution in [2.75, 3.05) is 6.61 Å².